The van der Waals surface area contributed by atoms with Crippen LogP contribution < -0.4 is 0 Å². The van der Waals surface area contributed by atoms with Crippen molar-refractivity contribution in [2.45, 2.75) is 84.6 Å². The second-order valence-corrected chi connectivity index (χ2v) is 9.59. The summed E-state index contributed by atoms with van der Waals surface area (Å²) in [5.41, 5.74) is 4.56. The number of allylic oxidation sites excluding steroid dienone is 9. The predicted octanol–water partition coefficient (Wildman–Crippen LogP) is 2.95. The van der Waals surface area contributed by atoms with E-state index in [0.717, 1.165) is 18.1 Å². The molecule has 0 amide bonds. The van der Waals surface area contributed by atoms with Crippen molar-refractivity contribution < 1.29 is 39.5 Å². The number of ether oxygens (including phenoxy) is 2. The maximum absolute atomic E-state index is 12.2. The van der Waals surface area contributed by atoms with E-state index in [9.17, 15) is 24.9 Å². The molecule has 0 aromatic carbocycles. The van der Waals surface area contributed by atoms with Crippen molar-refractivity contribution in [1.82, 2.24) is 0 Å². The number of hydrogen-bond donors (Lipinski definition) is 4. The van der Waals surface area contributed by atoms with Crippen LogP contribution in [0.1, 0.15) is 53.9 Å². The van der Waals surface area contributed by atoms with E-state index in [2.05, 4.69) is 32.9 Å². The molecule has 0 aromatic rings. The zero-order valence-corrected chi connectivity index (χ0v) is 20.4. The maximum atomic E-state index is 12.2. The summed E-state index contributed by atoms with van der Waals surface area (Å²) in [6, 6.07) is 0. The van der Waals surface area contributed by atoms with E-state index in [1.165, 1.54) is 24.0 Å². The van der Waals surface area contributed by atoms with E-state index in [-0.39, 0.29) is 5.41 Å². The Morgan fingerprint density at radius 2 is 1.74 bits per heavy atom. The molecule has 4 N–H and O–H groups in total. The lowest BCUT2D eigenvalue weighted by molar-refractivity contribution is -0.284. The molecular formula is C26H36O8. The molecule has 2 rings (SSSR count). The first-order chi connectivity index (χ1) is 15.8. The van der Waals surface area contributed by atoms with Crippen molar-refractivity contribution in [1.29, 1.82) is 0 Å². The van der Waals surface area contributed by atoms with Crippen molar-refractivity contribution in [3.63, 3.8) is 0 Å². The SMILES string of the molecule is CC(C=CC1=C(C)CCCC1(C)C)=CC=C/C(C)=C\C(=O)O[C@@H]1O[C@H](C(=O)O)[C@@H](O)[C@H](O)[C@H]1O. The van der Waals surface area contributed by atoms with Crippen LogP contribution in [0.25, 0.3) is 0 Å². The summed E-state index contributed by atoms with van der Waals surface area (Å²) in [7, 11) is 0. The number of carboxylic acid groups (broad SMARTS) is 1. The van der Waals surface area contributed by atoms with Crippen LogP contribution in [0.3, 0.4) is 0 Å². The molecule has 5 atom stereocenters. The number of carbonyl (C=O) groups excluding carboxylic acids is 1. The second-order valence-electron chi connectivity index (χ2n) is 9.59. The molecule has 0 saturated carbocycles. The van der Waals surface area contributed by atoms with Gasteiger partial charge >= 0.3 is 11.9 Å². The molecule has 1 aliphatic heterocycles. The molecule has 0 aromatic heterocycles. The third kappa shape index (κ3) is 7.24. The molecule has 8 heteroatoms. The highest BCUT2D eigenvalue weighted by Crippen LogP contribution is 2.40. The normalized spacial score (nSPS) is 30.8. The highest BCUT2D eigenvalue weighted by atomic mass is 16.7. The quantitative estimate of drug-likeness (QED) is 0.250. The van der Waals surface area contributed by atoms with Gasteiger partial charge in [0.05, 0.1) is 0 Å². The number of aliphatic hydroxyl groups is 3. The van der Waals surface area contributed by atoms with Crippen LogP contribution in [-0.2, 0) is 19.1 Å². The van der Waals surface area contributed by atoms with Gasteiger partial charge in [0.2, 0.25) is 6.29 Å². The van der Waals surface area contributed by atoms with E-state index < -0.39 is 42.6 Å². The largest absolute Gasteiger partial charge is 0.479 e. The summed E-state index contributed by atoms with van der Waals surface area (Å²) in [6.07, 6.45) is 5.29. The smallest absolute Gasteiger partial charge is 0.335 e. The summed E-state index contributed by atoms with van der Waals surface area (Å²) in [5, 5.41) is 38.5. The predicted molar refractivity (Wildman–Crippen MR) is 127 cm³/mol. The van der Waals surface area contributed by atoms with Gasteiger partial charge in [-0.2, -0.15) is 0 Å². The maximum Gasteiger partial charge on any atom is 0.335 e. The number of aliphatic hydroxyl groups excluding tert-OH is 3. The summed E-state index contributed by atoms with van der Waals surface area (Å²) >= 11 is 0. The van der Waals surface area contributed by atoms with Gasteiger partial charge in [-0.15, -0.1) is 0 Å². The molecule has 2 aliphatic rings. The molecule has 0 spiro atoms. The van der Waals surface area contributed by atoms with Gasteiger partial charge in [0, 0.05) is 6.08 Å². The molecule has 1 fully saturated rings. The molecule has 0 bridgehead atoms. The summed E-state index contributed by atoms with van der Waals surface area (Å²) < 4.78 is 9.88. The number of aliphatic carboxylic acids is 1. The van der Waals surface area contributed by atoms with Gasteiger partial charge in [0.15, 0.2) is 6.10 Å². The standard InChI is InChI=1S/C26H36O8/c1-15(11-12-18-17(3)10-7-13-26(18,4)5)8-6-9-16(2)14-19(27)33-25-22(30)20(28)21(29)23(34-25)24(31)32/h6,8-9,11-12,14,20-23,25,28-30H,7,10,13H2,1-5H3,(H,31,32)/b9-6?,12-11?,15-8?,16-14-/t20-,21-,22+,23-,25+/m0/s1. The van der Waals surface area contributed by atoms with Crippen molar-refractivity contribution in [3.05, 3.63) is 58.7 Å². The number of hydrogen-bond acceptors (Lipinski definition) is 7. The Kier molecular flexibility index (Phi) is 9.58. The Morgan fingerprint density at radius 1 is 1.06 bits per heavy atom. The van der Waals surface area contributed by atoms with E-state index in [1.54, 1.807) is 19.1 Å². The van der Waals surface area contributed by atoms with Crippen LogP contribution in [0.4, 0.5) is 0 Å². The third-order valence-corrected chi connectivity index (χ3v) is 6.16. The third-order valence-electron chi connectivity index (χ3n) is 6.16. The van der Waals surface area contributed by atoms with Crippen molar-refractivity contribution >= 4 is 11.9 Å². The van der Waals surface area contributed by atoms with E-state index in [0.29, 0.717) is 5.57 Å². The van der Waals surface area contributed by atoms with E-state index in [1.807, 2.05) is 13.0 Å². The first-order valence-electron chi connectivity index (χ1n) is 11.4. The fourth-order valence-electron chi connectivity index (χ4n) is 4.16. The molecule has 1 heterocycles. The van der Waals surface area contributed by atoms with E-state index >= 15 is 0 Å². The molecule has 0 unspecified atom stereocenters. The number of rotatable bonds is 7. The van der Waals surface area contributed by atoms with Gasteiger partial charge in [-0.05, 0) is 56.6 Å². The first-order valence-corrected chi connectivity index (χ1v) is 11.4. The molecule has 8 nitrogen and oxygen atoms in total. The van der Waals surface area contributed by atoms with Gasteiger partial charge in [-0.3, -0.25) is 0 Å². The molecule has 1 aliphatic carbocycles. The Balaban J connectivity index is 1.98. The lowest BCUT2D eigenvalue weighted by atomic mass is 9.72. The summed E-state index contributed by atoms with van der Waals surface area (Å²) in [6.45, 7) is 10.4. The zero-order valence-electron chi connectivity index (χ0n) is 20.4. The van der Waals surface area contributed by atoms with Crippen LogP contribution in [0, 0.1) is 5.41 Å². The van der Waals surface area contributed by atoms with Crippen molar-refractivity contribution in [2.75, 3.05) is 0 Å². The molecule has 34 heavy (non-hydrogen) atoms. The van der Waals surface area contributed by atoms with E-state index in [4.69, 9.17) is 14.6 Å². The average molecular weight is 477 g/mol. The van der Waals surface area contributed by atoms with Crippen LogP contribution in [0.2, 0.25) is 0 Å². The summed E-state index contributed by atoms with van der Waals surface area (Å²) in [4.78, 5) is 23.3. The Hall–Kier alpha value is -2.52. The minimum absolute atomic E-state index is 0.170. The van der Waals surface area contributed by atoms with Crippen LogP contribution in [0.5, 0.6) is 0 Å². The number of esters is 1. The molecule has 0 radical (unpaired) electrons. The Morgan fingerprint density at radius 3 is 2.35 bits per heavy atom. The van der Waals surface area contributed by atoms with Crippen LogP contribution in [-0.4, -0.2) is 63.1 Å². The van der Waals surface area contributed by atoms with Gasteiger partial charge in [-0.25, -0.2) is 9.59 Å². The lowest BCUT2D eigenvalue weighted by Crippen LogP contribution is -2.60. The fourth-order valence-corrected chi connectivity index (χ4v) is 4.16. The average Bonchev–Trinajstić information content (AvgIpc) is 2.73. The first kappa shape index (κ1) is 27.7. The fraction of sp³-hybridized carbons (Fsp3) is 0.538. The summed E-state index contributed by atoms with van der Waals surface area (Å²) in [5.74, 6) is -2.44. The van der Waals surface area contributed by atoms with Crippen molar-refractivity contribution in [3.8, 4) is 0 Å². The highest BCUT2D eigenvalue weighted by molar-refractivity contribution is 5.83. The zero-order chi connectivity index (χ0) is 25.6. The van der Waals surface area contributed by atoms with Gasteiger partial charge < -0.3 is 29.9 Å². The second kappa shape index (κ2) is 11.8. The number of carbonyl (C=O) groups is 2. The van der Waals surface area contributed by atoms with Gasteiger partial charge in [-0.1, -0.05) is 55.4 Å². The van der Waals surface area contributed by atoms with Gasteiger partial charge in [0.25, 0.3) is 0 Å². The minimum Gasteiger partial charge on any atom is -0.479 e. The Bertz CT molecular complexity index is 921. The number of carboxylic acids is 1. The Labute approximate surface area is 200 Å². The minimum atomic E-state index is -1.85. The molecular weight excluding hydrogens is 440 g/mol. The van der Waals surface area contributed by atoms with Gasteiger partial charge in [0.1, 0.15) is 18.3 Å². The monoisotopic (exact) mass is 476 g/mol. The van der Waals surface area contributed by atoms with Crippen LogP contribution in [0.15, 0.2) is 58.7 Å². The van der Waals surface area contributed by atoms with Crippen molar-refractivity contribution in [2.24, 2.45) is 5.41 Å². The highest BCUT2D eigenvalue weighted by Gasteiger charge is 2.48. The molecule has 188 valence electrons. The van der Waals surface area contributed by atoms with Crippen LogP contribution >= 0.6 is 0 Å². The molecule has 1 saturated heterocycles. The topological polar surface area (TPSA) is 134 Å². The lowest BCUT2D eigenvalue weighted by Gasteiger charge is -2.37.